The van der Waals surface area contributed by atoms with E-state index in [1.807, 2.05) is 0 Å². The number of hydrogen-bond donors (Lipinski definition) is 0. The van der Waals surface area contributed by atoms with Crippen molar-refractivity contribution in [3.8, 4) is 0 Å². The smallest absolute Gasteiger partial charge is 0.207 e. The molecule has 0 spiro atoms. The van der Waals surface area contributed by atoms with Gasteiger partial charge >= 0.3 is 0 Å². The second kappa shape index (κ2) is 7.08. The van der Waals surface area contributed by atoms with Gasteiger partial charge in [-0.25, -0.2) is 9.97 Å². The van der Waals surface area contributed by atoms with E-state index in [0.717, 1.165) is 62.0 Å². The fourth-order valence-electron chi connectivity index (χ4n) is 3.82. The van der Waals surface area contributed by atoms with Crippen molar-refractivity contribution >= 4 is 17.1 Å². The van der Waals surface area contributed by atoms with Crippen LogP contribution in [-0.2, 0) is 20.0 Å². The second-order valence-corrected chi connectivity index (χ2v) is 7.15. The van der Waals surface area contributed by atoms with Crippen LogP contribution in [0.2, 0.25) is 0 Å². The molecule has 136 valence electrons. The average Bonchev–Trinajstić information content (AvgIpc) is 2.98. The van der Waals surface area contributed by atoms with Gasteiger partial charge in [0.15, 0.2) is 5.65 Å². The molecule has 0 bridgehead atoms. The van der Waals surface area contributed by atoms with Crippen molar-refractivity contribution in [2.45, 2.75) is 26.8 Å². The number of piperazine rings is 1. The zero-order valence-electron chi connectivity index (χ0n) is 15.9. The van der Waals surface area contributed by atoms with Crippen LogP contribution in [0.4, 0.5) is 5.95 Å². The van der Waals surface area contributed by atoms with Gasteiger partial charge in [-0.15, -0.1) is 0 Å². The maximum absolute atomic E-state index is 4.90. The molecule has 1 saturated heterocycles. The van der Waals surface area contributed by atoms with Gasteiger partial charge in [0.2, 0.25) is 5.95 Å². The van der Waals surface area contributed by atoms with Crippen LogP contribution < -0.4 is 4.90 Å². The Balaban J connectivity index is 1.50. The number of nitrogens with zero attached hydrogens (tertiary/aromatic N) is 5. The minimum absolute atomic E-state index is 0.987. The first-order chi connectivity index (χ1) is 12.7. The highest BCUT2D eigenvalue weighted by atomic mass is 15.4. The Labute approximate surface area is 155 Å². The van der Waals surface area contributed by atoms with Gasteiger partial charge in [0.25, 0.3) is 0 Å². The molecule has 1 aromatic carbocycles. The van der Waals surface area contributed by atoms with Crippen molar-refractivity contribution in [3.63, 3.8) is 0 Å². The minimum Gasteiger partial charge on any atom is -0.340 e. The average molecular weight is 349 g/mol. The molecule has 5 heteroatoms. The summed E-state index contributed by atoms with van der Waals surface area (Å²) < 4.78 is 2.15. The molecule has 0 unspecified atom stereocenters. The minimum atomic E-state index is 0.987. The molecule has 2 aromatic heterocycles. The molecule has 4 rings (SSSR count). The summed E-state index contributed by atoms with van der Waals surface area (Å²) in [5, 5.41) is 0. The van der Waals surface area contributed by atoms with E-state index in [2.05, 4.69) is 71.7 Å². The number of benzene rings is 1. The zero-order chi connectivity index (χ0) is 18.1. The molecule has 0 amide bonds. The van der Waals surface area contributed by atoms with Crippen LogP contribution in [0, 0.1) is 6.92 Å². The van der Waals surface area contributed by atoms with E-state index < -0.39 is 0 Å². The van der Waals surface area contributed by atoms with Gasteiger partial charge < -0.3 is 4.90 Å². The highest BCUT2D eigenvalue weighted by molar-refractivity contribution is 5.76. The summed E-state index contributed by atoms with van der Waals surface area (Å²) in [4.78, 5) is 14.6. The van der Waals surface area contributed by atoms with Crippen LogP contribution >= 0.6 is 0 Å². The van der Waals surface area contributed by atoms with Crippen LogP contribution in [0.15, 0.2) is 36.4 Å². The van der Waals surface area contributed by atoms with Gasteiger partial charge in [0, 0.05) is 45.5 Å². The number of aromatic nitrogens is 3. The first kappa shape index (κ1) is 17.0. The summed E-state index contributed by atoms with van der Waals surface area (Å²) in [6, 6.07) is 12.9. The number of anilines is 1. The fourth-order valence-corrected chi connectivity index (χ4v) is 3.82. The number of imidazole rings is 1. The van der Waals surface area contributed by atoms with E-state index in [-0.39, 0.29) is 0 Å². The Morgan fingerprint density at radius 3 is 2.42 bits per heavy atom. The van der Waals surface area contributed by atoms with Crippen molar-refractivity contribution in [2.24, 2.45) is 7.05 Å². The third-order valence-corrected chi connectivity index (χ3v) is 5.40. The number of hydrogen-bond acceptors (Lipinski definition) is 4. The highest BCUT2D eigenvalue weighted by Crippen LogP contribution is 2.23. The molecule has 0 saturated carbocycles. The first-order valence-electron chi connectivity index (χ1n) is 9.50. The normalized spacial score (nSPS) is 15.7. The molecule has 3 heterocycles. The quantitative estimate of drug-likeness (QED) is 0.725. The maximum atomic E-state index is 4.90. The Morgan fingerprint density at radius 1 is 1.00 bits per heavy atom. The predicted octanol–water partition coefficient (Wildman–Crippen LogP) is 3.16. The molecule has 3 aromatic rings. The Bertz CT molecular complexity index is 892. The van der Waals surface area contributed by atoms with Crippen molar-refractivity contribution in [3.05, 3.63) is 53.2 Å². The van der Waals surface area contributed by atoms with E-state index in [1.54, 1.807) is 0 Å². The van der Waals surface area contributed by atoms with E-state index in [1.165, 1.54) is 11.1 Å². The fraction of sp³-hybridized carbons (Fsp3) is 0.429. The van der Waals surface area contributed by atoms with E-state index in [9.17, 15) is 0 Å². The zero-order valence-corrected chi connectivity index (χ0v) is 15.9. The third-order valence-electron chi connectivity index (χ3n) is 5.40. The van der Waals surface area contributed by atoms with Gasteiger partial charge in [-0.05, 0) is 30.5 Å². The van der Waals surface area contributed by atoms with E-state index in [4.69, 9.17) is 9.97 Å². The van der Waals surface area contributed by atoms with Crippen LogP contribution in [-0.4, -0.2) is 45.6 Å². The van der Waals surface area contributed by atoms with Gasteiger partial charge in [0.1, 0.15) is 5.52 Å². The molecule has 0 radical (unpaired) electrons. The SMILES string of the molecule is CCc1cc2nc(N3CCN(Cc4ccccc4)CC3)n(C)c2nc1C. The lowest BCUT2D eigenvalue weighted by atomic mass is 10.1. The summed E-state index contributed by atoms with van der Waals surface area (Å²) in [6.45, 7) is 9.42. The molecule has 0 N–H and O–H groups in total. The topological polar surface area (TPSA) is 37.2 Å². The number of pyridine rings is 1. The predicted molar refractivity (Wildman–Crippen MR) is 107 cm³/mol. The molecule has 1 aliphatic rings. The number of aryl methyl sites for hydroxylation is 3. The van der Waals surface area contributed by atoms with Crippen LogP contribution in [0.1, 0.15) is 23.7 Å². The second-order valence-electron chi connectivity index (χ2n) is 7.15. The Morgan fingerprint density at radius 2 is 1.73 bits per heavy atom. The summed E-state index contributed by atoms with van der Waals surface area (Å²) in [7, 11) is 2.08. The summed E-state index contributed by atoms with van der Waals surface area (Å²) in [5.41, 5.74) is 5.78. The summed E-state index contributed by atoms with van der Waals surface area (Å²) in [6.07, 6.45) is 0.999. The summed E-state index contributed by atoms with van der Waals surface area (Å²) in [5.74, 6) is 1.04. The van der Waals surface area contributed by atoms with Crippen LogP contribution in [0.5, 0.6) is 0 Å². The molecule has 5 nitrogen and oxygen atoms in total. The molecule has 0 aliphatic carbocycles. The third kappa shape index (κ3) is 3.19. The number of fused-ring (bicyclic) bond motifs is 1. The Kier molecular flexibility index (Phi) is 4.64. The Hall–Kier alpha value is -2.40. The molecule has 26 heavy (non-hydrogen) atoms. The molecule has 1 fully saturated rings. The van der Waals surface area contributed by atoms with Gasteiger partial charge in [-0.1, -0.05) is 37.3 Å². The van der Waals surface area contributed by atoms with Crippen molar-refractivity contribution < 1.29 is 0 Å². The van der Waals surface area contributed by atoms with E-state index >= 15 is 0 Å². The monoisotopic (exact) mass is 349 g/mol. The lowest BCUT2D eigenvalue weighted by molar-refractivity contribution is 0.248. The van der Waals surface area contributed by atoms with Gasteiger partial charge in [-0.3, -0.25) is 9.47 Å². The highest BCUT2D eigenvalue weighted by Gasteiger charge is 2.22. The maximum Gasteiger partial charge on any atom is 0.207 e. The first-order valence-corrected chi connectivity index (χ1v) is 9.50. The van der Waals surface area contributed by atoms with Gasteiger partial charge in [-0.2, -0.15) is 0 Å². The summed E-state index contributed by atoms with van der Waals surface area (Å²) >= 11 is 0. The number of rotatable bonds is 4. The molecular weight excluding hydrogens is 322 g/mol. The van der Waals surface area contributed by atoms with Crippen LogP contribution in [0.25, 0.3) is 11.2 Å². The molecular formula is C21H27N5. The lowest BCUT2D eigenvalue weighted by Crippen LogP contribution is -2.46. The standard InChI is InChI=1S/C21H27N5/c1-4-18-14-19-20(22-16(18)2)24(3)21(23-19)26-12-10-25(11-13-26)15-17-8-6-5-7-9-17/h5-9,14H,4,10-13,15H2,1-3H3. The molecule has 1 aliphatic heterocycles. The lowest BCUT2D eigenvalue weighted by Gasteiger charge is -2.35. The largest absolute Gasteiger partial charge is 0.340 e. The molecule has 0 atom stereocenters. The van der Waals surface area contributed by atoms with Crippen molar-refractivity contribution in [2.75, 3.05) is 31.1 Å². The van der Waals surface area contributed by atoms with Crippen molar-refractivity contribution in [1.29, 1.82) is 0 Å². The van der Waals surface area contributed by atoms with Crippen molar-refractivity contribution in [1.82, 2.24) is 19.4 Å². The van der Waals surface area contributed by atoms with E-state index in [0.29, 0.717) is 0 Å². The van der Waals surface area contributed by atoms with Gasteiger partial charge in [0.05, 0.1) is 0 Å². The van der Waals surface area contributed by atoms with Crippen LogP contribution in [0.3, 0.4) is 0 Å².